The van der Waals surface area contributed by atoms with E-state index < -0.39 is 0 Å². The molecule has 0 saturated heterocycles. The molecule has 84 valence electrons. The highest BCUT2D eigenvalue weighted by Gasteiger charge is 2.13. The van der Waals surface area contributed by atoms with Crippen LogP contribution in [0.3, 0.4) is 0 Å². The Bertz CT molecular complexity index is 326. The highest BCUT2D eigenvalue weighted by Crippen LogP contribution is 2.25. The summed E-state index contributed by atoms with van der Waals surface area (Å²) in [6, 6.07) is 6.92. The Kier molecular flexibility index (Phi) is 3.59. The van der Waals surface area contributed by atoms with Crippen LogP contribution in [0.1, 0.15) is 57.2 Å². The van der Waals surface area contributed by atoms with Crippen LogP contribution in [0.15, 0.2) is 18.2 Å². The van der Waals surface area contributed by atoms with Crippen LogP contribution in [0.5, 0.6) is 0 Å². The molecule has 0 heteroatoms. The Balaban J connectivity index is 2.94. The lowest BCUT2D eigenvalue weighted by Crippen LogP contribution is -2.10. The molecule has 0 spiro atoms. The maximum absolute atomic E-state index is 2.34. The van der Waals surface area contributed by atoms with Gasteiger partial charge in [-0.25, -0.2) is 0 Å². The average molecular weight is 204 g/mol. The zero-order chi connectivity index (χ0) is 11.6. The van der Waals surface area contributed by atoms with Gasteiger partial charge in [-0.1, -0.05) is 52.8 Å². The van der Waals surface area contributed by atoms with Crippen molar-refractivity contribution in [2.45, 2.75) is 53.9 Å². The molecule has 0 saturated carbocycles. The first-order chi connectivity index (χ1) is 6.79. The van der Waals surface area contributed by atoms with Crippen LogP contribution in [-0.2, 0) is 6.42 Å². The largest absolute Gasteiger partial charge is 0.0599 e. The fourth-order valence-corrected chi connectivity index (χ4v) is 1.85. The van der Waals surface area contributed by atoms with Crippen LogP contribution in [0.25, 0.3) is 0 Å². The van der Waals surface area contributed by atoms with Crippen LogP contribution in [-0.4, -0.2) is 0 Å². The van der Waals surface area contributed by atoms with Crippen LogP contribution in [0, 0.1) is 12.3 Å². The van der Waals surface area contributed by atoms with Crippen LogP contribution in [0.2, 0.25) is 0 Å². The lowest BCUT2D eigenvalue weighted by molar-refractivity contribution is 0.410. The molecule has 0 aliphatic rings. The number of benzene rings is 1. The van der Waals surface area contributed by atoms with Crippen molar-refractivity contribution in [2.24, 2.45) is 5.41 Å². The van der Waals surface area contributed by atoms with Crippen molar-refractivity contribution in [3.05, 3.63) is 34.9 Å². The van der Waals surface area contributed by atoms with Gasteiger partial charge in [0.25, 0.3) is 0 Å². The first kappa shape index (κ1) is 12.3. The zero-order valence-corrected chi connectivity index (χ0v) is 11.0. The van der Waals surface area contributed by atoms with Gasteiger partial charge in [0.05, 0.1) is 0 Å². The van der Waals surface area contributed by atoms with Crippen molar-refractivity contribution in [2.75, 3.05) is 0 Å². The van der Waals surface area contributed by atoms with Gasteiger partial charge in [-0.05, 0) is 41.4 Å². The van der Waals surface area contributed by atoms with Crippen molar-refractivity contribution in [3.8, 4) is 0 Å². The van der Waals surface area contributed by atoms with Gasteiger partial charge >= 0.3 is 0 Å². The lowest BCUT2D eigenvalue weighted by atomic mass is 9.85. The van der Waals surface area contributed by atoms with Crippen molar-refractivity contribution in [1.29, 1.82) is 0 Å². The van der Waals surface area contributed by atoms with E-state index in [9.17, 15) is 0 Å². The third-order valence-corrected chi connectivity index (χ3v) is 2.75. The van der Waals surface area contributed by atoms with Crippen molar-refractivity contribution >= 4 is 0 Å². The molecule has 0 N–H and O–H groups in total. The summed E-state index contributed by atoms with van der Waals surface area (Å²) in [5, 5.41) is 0. The smallest absolute Gasteiger partial charge is 0.0219 e. The normalized spacial score (nSPS) is 12.2. The minimum Gasteiger partial charge on any atom is -0.0599 e. The van der Waals surface area contributed by atoms with E-state index in [0.29, 0.717) is 11.3 Å². The average Bonchev–Trinajstić information content (AvgIpc) is 2.05. The lowest BCUT2D eigenvalue weighted by Gasteiger charge is -2.20. The van der Waals surface area contributed by atoms with E-state index in [1.54, 1.807) is 0 Å². The molecule has 0 fully saturated rings. The predicted octanol–water partition coefficient (Wildman–Crippen LogP) is 4.71. The molecule has 0 nitrogen and oxygen atoms in total. The molecule has 0 atom stereocenters. The van der Waals surface area contributed by atoms with Gasteiger partial charge < -0.3 is 0 Å². The minimum atomic E-state index is 0.379. The number of aryl methyl sites for hydroxylation is 1. The van der Waals surface area contributed by atoms with Gasteiger partial charge in [-0.15, -0.1) is 0 Å². The number of hydrogen-bond donors (Lipinski definition) is 0. The van der Waals surface area contributed by atoms with Crippen LogP contribution >= 0.6 is 0 Å². The second kappa shape index (κ2) is 4.38. The summed E-state index contributed by atoms with van der Waals surface area (Å²) in [6.07, 6.45) is 1.16. The summed E-state index contributed by atoms with van der Waals surface area (Å²) >= 11 is 0. The Morgan fingerprint density at radius 1 is 1.13 bits per heavy atom. The van der Waals surface area contributed by atoms with Gasteiger partial charge in [0.15, 0.2) is 0 Å². The minimum absolute atomic E-state index is 0.379. The third kappa shape index (κ3) is 3.70. The molecule has 0 aromatic heterocycles. The summed E-state index contributed by atoms with van der Waals surface area (Å²) in [5.41, 5.74) is 4.76. The molecule has 0 amide bonds. The van der Waals surface area contributed by atoms with E-state index in [4.69, 9.17) is 0 Å². The van der Waals surface area contributed by atoms with E-state index in [-0.39, 0.29) is 0 Å². The van der Waals surface area contributed by atoms with Crippen molar-refractivity contribution in [1.82, 2.24) is 0 Å². The molecule has 0 aliphatic heterocycles. The Morgan fingerprint density at radius 2 is 1.73 bits per heavy atom. The molecule has 0 unspecified atom stereocenters. The Morgan fingerprint density at radius 3 is 2.13 bits per heavy atom. The first-order valence-electron chi connectivity index (χ1n) is 5.89. The molecular formula is C15H24. The first-order valence-corrected chi connectivity index (χ1v) is 5.89. The molecule has 1 rings (SSSR count). The summed E-state index contributed by atoms with van der Waals surface area (Å²) < 4.78 is 0. The topological polar surface area (TPSA) is 0 Å². The third-order valence-electron chi connectivity index (χ3n) is 2.75. The van der Waals surface area contributed by atoms with E-state index in [1.807, 2.05) is 0 Å². The predicted molar refractivity (Wildman–Crippen MR) is 68.4 cm³/mol. The summed E-state index contributed by atoms with van der Waals surface area (Å²) in [6.45, 7) is 13.6. The van der Waals surface area contributed by atoms with Gasteiger partial charge in [-0.3, -0.25) is 0 Å². The fourth-order valence-electron chi connectivity index (χ4n) is 1.85. The Labute approximate surface area is 94.7 Å². The summed E-state index contributed by atoms with van der Waals surface area (Å²) in [7, 11) is 0. The van der Waals surface area contributed by atoms with E-state index in [2.05, 4.69) is 59.7 Å². The van der Waals surface area contributed by atoms with Gasteiger partial charge in [0, 0.05) is 0 Å². The van der Waals surface area contributed by atoms with E-state index >= 15 is 0 Å². The van der Waals surface area contributed by atoms with E-state index in [1.165, 1.54) is 16.7 Å². The quantitative estimate of drug-likeness (QED) is 0.654. The van der Waals surface area contributed by atoms with Crippen LogP contribution in [0.4, 0.5) is 0 Å². The molecule has 0 heterocycles. The maximum atomic E-state index is 2.34. The fraction of sp³-hybridized carbons (Fsp3) is 0.600. The molecule has 0 bridgehead atoms. The van der Waals surface area contributed by atoms with Gasteiger partial charge in [-0.2, -0.15) is 0 Å². The van der Waals surface area contributed by atoms with Crippen molar-refractivity contribution < 1.29 is 0 Å². The molecule has 15 heavy (non-hydrogen) atoms. The summed E-state index contributed by atoms with van der Waals surface area (Å²) in [5.74, 6) is 0.632. The molecule has 1 aromatic carbocycles. The molecular weight excluding hydrogens is 180 g/mol. The standard InChI is InChI=1S/C15H24/c1-11(2)13-7-8-14(12(3)9-13)10-15(4,5)6/h7-9,11H,10H2,1-6H3. The second-order valence-electron chi connectivity index (χ2n) is 6.08. The van der Waals surface area contributed by atoms with Crippen LogP contribution < -0.4 is 0 Å². The molecule has 0 aliphatic carbocycles. The zero-order valence-electron chi connectivity index (χ0n) is 11.0. The Hall–Kier alpha value is -0.780. The SMILES string of the molecule is Cc1cc(C(C)C)ccc1CC(C)(C)C. The van der Waals surface area contributed by atoms with Gasteiger partial charge in [0.2, 0.25) is 0 Å². The second-order valence-corrected chi connectivity index (χ2v) is 6.08. The monoisotopic (exact) mass is 204 g/mol. The van der Waals surface area contributed by atoms with Crippen molar-refractivity contribution in [3.63, 3.8) is 0 Å². The van der Waals surface area contributed by atoms with Gasteiger partial charge in [0.1, 0.15) is 0 Å². The number of rotatable bonds is 2. The highest BCUT2D eigenvalue weighted by atomic mass is 14.2. The molecule has 0 radical (unpaired) electrons. The molecule has 1 aromatic rings. The maximum Gasteiger partial charge on any atom is -0.0219 e. The summed E-state index contributed by atoms with van der Waals surface area (Å²) in [4.78, 5) is 0. The van der Waals surface area contributed by atoms with E-state index in [0.717, 1.165) is 6.42 Å². The highest BCUT2D eigenvalue weighted by molar-refractivity contribution is 5.33. The number of hydrogen-bond acceptors (Lipinski definition) is 0.